The molecule has 2 aliphatic heterocycles. The smallest absolute Gasteiger partial charge is 0.311 e. The molecule has 0 bridgehead atoms. The third kappa shape index (κ3) is 4.08. The van der Waals surface area contributed by atoms with Crippen molar-refractivity contribution in [3.05, 3.63) is 63.2 Å². The Balaban J connectivity index is 1.75. The normalized spacial score (nSPS) is 21.7. The van der Waals surface area contributed by atoms with Crippen molar-refractivity contribution < 1.29 is 19.2 Å². The topological polar surface area (TPSA) is 81.9 Å². The first kappa shape index (κ1) is 20.8. The number of fused-ring (bicyclic) bond motifs is 1. The molecule has 0 amide bonds. The van der Waals surface area contributed by atoms with Crippen LogP contribution in [0.4, 0.5) is 5.69 Å². The van der Waals surface area contributed by atoms with Crippen molar-refractivity contribution in [1.82, 2.24) is 4.90 Å². The van der Waals surface area contributed by atoms with Gasteiger partial charge in [-0.3, -0.25) is 19.8 Å². The third-order valence-electron chi connectivity index (χ3n) is 5.44. The average molecular weight is 429 g/mol. The van der Waals surface area contributed by atoms with Crippen LogP contribution in [0.25, 0.3) is 0 Å². The monoisotopic (exact) mass is 428 g/mol. The Morgan fingerprint density at radius 1 is 1.13 bits per heavy atom. The Morgan fingerprint density at radius 3 is 2.50 bits per heavy atom. The molecule has 0 N–H and O–H groups in total. The fourth-order valence-electron chi connectivity index (χ4n) is 3.89. The number of nitro groups is 1. The molecule has 7 nitrogen and oxygen atoms in total. The quantitative estimate of drug-likeness (QED) is 0.531. The summed E-state index contributed by atoms with van der Waals surface area (Å²) in [5.74, 6) is -0.0367. The number of aryl methyl sites for hydroxylation is 2. The minimum Gasteiger partial charge on any atom is -0.484 e. The summed E-state index contributed by atoms with van der Waals surface area (Å²) in [7, 11) is 0. The number of Topliss-reactive ketones (excluding diaryl/α,β-unsaturated/α-hetero) is 1. The Labute approximate surface area is 179 Å². The zero-order chi connectivity index (χ0) is 21.3. The molecule has 1 fully saturated rings. The van der Waals surface area contributed by atoms with Crippen LogP contribution in [0.1, 0.15) is 21.5 Å². The molecule has 2 aromatic carbocycles. The van der Waals surface area contributed by atoms with E-state index in [9.17, 15) is 14.9 Å². The van der Waals surface area contributed by atoms with Gasteiger partial charge >= 0.3 is 5.69 Å². The molecule has 2 heterocycles. The lowest BCUT2D eigenvalue weighted by Crippen LogP contribution is -2.54. The molecule has 8 heteroatoms. The second-order valence-electron chi connectivity index (χ2n) is 7.83. The minimum absolute atomic E-state index is 0.0812. The van der Waals surface area contributed by atoms with Crippen molar-refractivity contribution in [1.29, 1.82) is 0 Å². The van der Waals surface area contributed by atoms with Gasteiger partial charge in [0, 0.05) is 30.6 Å². The predicted molar refractivity (Wildman–Crippen MR) is 115 cm³/mol. The zero-order valence-corrected chi connectivity index (χ0v) is 17.9. The van der Waals surface area contributed by atoms with Gasteiger partial charge in [0.2, 0.25) is 5.75 Å². The van der Waals surface area contributed by atoms with Crippen LogP contribution in [0.3, 0.4) is 0 Å². The Hall–Kier alpha value is -2.42. The molecule has 158 valence electrons. The molecule has 0 aromatic heterocycles. The third-order valence-corrected chi connectivity index (χ3v) is 6.77. The molecule has 4 rings (SSSR count). The van der Waals surface area contributed by atoms with E-state index in [0.29, 0.717) is 30.9 Å². The van der Waals surface area contributed by atoms with E-state index in [0.717, 1.165) is 23.5 Å². The maximum atomic E-state index is 13.8. The highest BCUT2D eigenvalue weighted by molar-refractivity contribution is 8.01. The summed E-state index contributed by atoms with van der Waals surface area (Å²) in [6, 6.07) is 11.2. The van der Waals surface area contributed by atoms with E-state index in [2.05, 4.69) is 4.90 Å². The SMILES string of the molecule is Cc1ccc(SC2(CN3CCOCC3)COc3c(cc(C)cc3[N+](=O)[O-])C2=O)cc1. The highest BCUT2D eigenvalue weighted by Gasteiger charge is 2.48. The van der Waals surface area contributed by atoms with Crippen molar-refractivity contribution in [2.45, 2.75) is 23.5 Å². The number of ether oxygens (including phenoxy) is 2. The van der Waals surface area contributed by atoms with Gasteiger partial charge in [-0.1, -0.05) is 17.7 Å². The van der Waals surface area contributed by atoms with Crippen molar-refractivity contribution in [2.24, 2.45) is 0 Å². The summed E-state index contributed by atoms with van der Waals surface area (Å²) in [5, 5.41) is 11.5. The number of carbonyl (C=O) groups excluding carboxylic acids is 1. The van der Waals surface area contributed by atoms with Gasteiger partial charge in [0.05, 0.1) is 23.7 Å². The number of carbonyl (C=O) groups is 1. The summed E-state index contributed by atoms with van der Waals surface area (Å²) in [6.07, 6.45) is 0. The van der Waals surface area contributed by atoms with Crippen molar-refractivity contribution in [3.8, 4) is 5.75 Å². The number of hydrogen-bond donors (Lipinski definition) is 0. The maximum Gasteiger partial charge on any atom is 0.311 e. The number of nitro benzene ring substituents is 1. The van der Waals surface area contributed by atoms with Crippen LogP contribution in [0.15, 0.2) is 41.3 Å². The first-order valence-electron chi connectivity index (χ1n) is 9.90. The highest BCUT2D eigenvalue weighted by atomic mass is 32.2. The molecule has 2 aliphatic rings. The number of nitrogens with zero attached hydrogens (tertiary/aromatic N) is 2. The predicted octanol–water partition coefficient (Wildman–Crippen LogP) is 3.65. The fourth-order valence-corrected chi connectivity index (χ4v) is 5.18. The number of hydrogen-bond acceptors (Lipinski definition) is 7. The fraction of sp³-hybridized carbons (Fsp3) is 0.409. The van der Waals surface area contributed by atoms with E-state index in [-0.39, 0.29) is 23.8 Å². The van der Waals surface area contributed by atoms with Crippen LogP contribution in [0.2, 0.25) is 0 Å². The van der Waals surface area contributed by atoms with E-state index < -0.39 is 9.67 Å². The number of rotatable bonds is 5. The van der Waals surface area contributed by atoms with E-state index in [1.165, 1.54) is 17.8 Å². The molecule has 0 aliphatic carbocycles. The molecule has 30 heavy (non-hydrogen) atoms. The first-order chi connectivity index (χ1) is 14.4. The van der Waals surface area contributed by atoms with Crippen molar-refractivity contribution in [2.75, 3.05) is 39.5 Å². The van der Waals surface area contributed by atoms with Crippen LogP contribution in [-0.4, -0.2) is 59.8 Å². The largest absolute Gasteiger partial charge is 0.484 e. The number of ketones is 1. The average Bonchev–Trinajstić information content (AvgIpc) is 2.73. The molecular weight excluding hydrogens is 404 g/mol. The molecule has 1 saturated heterocycles. The van der Waals surface area contributed by atoms with Gasteiger partial charge < -0.3 is 9.47 Å². The second kappa shape index (κ2) is 8.37. The molecule has 0 radical (unpaired) electrons. The van der Waals surface area contributed by atoms with Crippen LogP contribution in [0, 0.1) is 24.0 Å². The van der Waals surface area contributed by atoms with E-state index in [4.69, 9.17) is 9.47 Å². The molecular formula is C22H24N2O5S. The van der Waals surface area contributed by atoms with E-state index in [1.807, 2.05) is 31.2 Å². The van der Waals surface area contributed by atoms with Crippen LogP contribution in [0.5, 0.6) is 5.75 Å². The Morgan fingerprint density at radius 2 is 1.83 bits per heavy atom. The lowest BCUT2D eigenvalue weighted by atomic mass is 9.91. The van der Waals surface area contributed by atoms with Gasteiger partial charge in [-0.2, -0.15) is 0 Å². The number of morpholine rings is 1. The Kier molecular flexibility index (Phi) is 5.81. The molecule has 2 aromatic rings. The standard InChI is InChI=1S/C22H24N2O5S/c1-15-3-5-17(6-4-15)30-22(13-23-7-9-28-10-8-23)14-29-20-18(21(22)25)11-16(2)12-19(20)24(26)27/h3-6,11-12H,7-10,13-14H2,1-2H3. The van der Waals surface area contributed by atoms with Gasteiger partial charge in [0.1, 0.15) is 11.4 Å². The zero-order valence-electron chi connectivity index (χ0n) is 17.1. The summed E-state index contributed by atoms with van der Waals surface area (Å²) < 4.78 is 10.5. The molecule has 0 saturated carbocycles. The van der Waals surface area contributed by atoms with E-state index >= 15 is 0 Å². The molecule has 1 unspecified atom stereocenters. The van der Waals surface area contributed by atoms with Crippen LogP contribution < -0.4 is 4.74 Å². The minimum atomic E-state index is -0.888. The molecule has 0 spiro atoms. The van der Waals surface area contributed by atoms with Crippen LogP contribution >= 0.6 is 11.8 Å². The van der Waals surface area contributed by atoms with Gasteiger partial charge in [-0.25, -0.2) is 0 Å². The maximum absolute atomic E-state index is 13.8. The van der Waals surface area contributed by atoms with Gasteiger partial charge in [0.15, 0.2) is 5.78 Å². The van der Waals surface area contributed by atoms with Gasteiger partial charge in [-0.15, -0.1) is 11.8 Å². The summed E-state index contributed by atoms with van der Waals surface area (Å²) in [5.41, 5.74) is 1.95. The highest BCUT2D eigenvalue weighted by Crippen LogP contribution is 2.45. The first-order valence-corrected chi connectivity index (χ1v) is 10.7. The van der Waals surface area contributed by atoms with Crippen molar-refractivity contribution >= 4 is 23.2 Å². The second-order valence-corrected chi connectivity index (χ2v) is 9.29. The lowest BCUT2D eigenvalue weighted by Gasteiger charge is -2.40. The molecule has 1 atom stereocenters. The summed E-state index contributed by atoms with van der Waals surface area (Å²) in [6.45, 7) is 7.09. The van der Waals surface area contributed by atoms with E-state index in [1.54, 1.807) is 13.0 Å². The lowest BCUT2D eigenvalue weighted by molar-refractivity contribution is -0.386. The summed E-state index contributed by atoms with van der Waals surface area (Å²) in [4.78, 5) is 28.0. The number of benzene rings is 2. The van der Waals surface area contributed by atoms with Crippen LogP contribution in [-0.2, 0) is 4.74 Å². The number of thioether (sulfide) groups is 1. The van der Waals surface area contributed by atoms with Gasteiger partial charge in [0.25, 0.3) is 0 Å². The van der Waals surface area contributed by atoms with Crippen molar-refractivity contribution in [3.63, 3.8) is 0 Å². The van der Waals surface area contributed by atoms with Gasteiger partial charge in [-0.05, 0) is 37.6 Å². The Bertz CT molecular complexity index is 972. The summed E-state index contributed by atoms with van der Waals surface area (Å²) >= 11 is 1.48.